The van der Waals surface area contributed by atoms with Crippen LogP contribution in [-0.4, -0.2) is 10.8 Å². The molecule has 1 rings (SSSR count). The summed E-state index contributed by atoms with van der Waals surface area (Å²) in [4.78, 5) is 16.7. The maximum Gasteiger partial charge on any atom is 0.135 e. The molecule has 0 radical (unpaired) electrons. The highest BCUT2D eigenvalue weighted by Gasteiger charge is 2.07. The van der Waals surface area contributed by atoms with Crippen molar-refractivity contribution in [2.45, 2.75) is 33.6 Å². The molecule has 1 aromatic rings. The van der Waals surface area contributed by atoms with Crippen LogP contribution in [0, 0.1) is 12.8 Å². The summed E-state index contributed by atoms with van der Waals surface area (Å²) in [6, 6.07) is 0. The third-order valence-electron chi connectivity index (χ3n) is 1.93. The van der Waals surface area contributed by atoms with Crippen LogP contribution >= 0.6 is 11.3 Å². The molecular formula is C10H15NOS. The van der Waals surface area contributed by atoms with Gasteiger partial charge in [0.1, 0.15) is 5.78 Å². The molecular weight excluding hydrogens is 182 g/mol. The van der Waals surface area contributed by atoms with E-state index in [4.69, 9.17) is 0 Å². The summed E-state index contributed by atoms with van der Waals surface area (Å²) in [6.07, 6.45) is 3.37. The van der Waals surface area contributed by atoms with Gasteiger partial charge in [-0.1, -0.05) is 13.8 Å². The van der Waals surface area contributed by atoms with Gasteiger partial charge < -0.3 is 0 Å². The Morgan fingerprint density at radius 1 is 1.62 bits per heavy atom. The van der Waals surface area contributed by atoms with Crippen molar-refractivity contribution in [3.05, 3.63) is 16.1 Å². The molecule has 0 aliphatic heterocycles. The molecule has 13 heavy (non-hydrogen) atoms. The Kier molecular flexibility index (Phi) is 3.60. The van der Waals surface area contributed by atoms with Crippen molar-refractivity contribution in [3.8, 4) is 0 Å². The number of aryl methyl sites for hydroxylation is 2. The number of hydrogen-bond donors (Lipinski definition) is 0. The lowest BCUT2D eigenvalue weighted by Crippen LogP contribution is -2.07. The molecule has 1 heterocycles. The quantitative estimate of drug-likeness (QED) is 0.742. The third kappa shape index (κ3) is 3.27. The van der Waals surface area contributed by atoms with Crippen molar-refractivity contribution >= 4 is 17.1 Å². The van der Waals surface area contributed by atoms with Gasteiger partial charge in [-0.3, -0.25) is 4.79 Å². The summed E-state index contributed by atoms with van der Waals surface area (Å²) >= 11 is 1.68. The molecule has 0 aromatic carbocycles. The Labute approximate surface area is 83.0 Å². The van der Waals surface area contributed by atoms with Gasteiger partial charge >= 0.3 is 0 Å². The molecule has 0 aliphatic rings. The van der Waals surface area contributed by atoms with E-state index in [0.717, 1.165) is 11.4 Å². The molecule has 0 aliphatic carbocycles. The van der Waals surface area contributed by atoms with E-state index >= 15 is 0 Å². The van der Waals surface area contributed by atoms with E-state index in [1.165, 1.54) is 4.88 Å². The van der Waals surface area contributed by atoms with Crippen LogP contribution in [0.2, 0.25) is 0 Å². The Balaban J connectivity index is 2.39. The van der Waals surface area contributed by atoms with E-state index in [-0.39, 0.29) is 5.92 Å². The second-order valence-corrected chi connectivity index (χ2v) is 4.79. The van der Waals surface area contributed by atoms with E-state index in [0.29, 0.717) is 12.2 Å². The molecule has 1 aromatic heterocycles. The normalized spacial score (nSPS) is 10.8. The highest BCUT2D eigenvalue weighted by Crippen LogP contribution is 2.14. The summed E-state index contributed by atoms with van der Waals surface area (Å²) in [7, 11) is 0. The maximum absolute atomic E-state index is 11.3. The Morgan fingerprint density at radius 2 is 2.31 bits per heavy atom. The van der Waals surface area contributed by atoms with Crippen molar-refractivity contribution in [2.75, 3.05) is 0 Å². The predicted molar refractivity (Wildman–Crippen MR) is 55.0 cm³/mol. The highest BCUT2D eigenvalue weighted by atomic mass is 32.1. The number of carbonyl (C=O) groups excluding carboxylic acids is 1. The van der Waals surface area contributed by atoms with Crippen molar-refractivity contribution in [3.63, 3.8) is 0 Å². The topological polar surface area (TPSA) is 30.0 Å². The summed E-state index contributed by atoms with van der Waals surface area (Å²) in [6.45, 7) is 5.87. The largest absolute Gasteiger partial charge is 0.299 e. The smallest absolute Gasteiger partial charge is 0.135 e. The summed E-state index contributed by atoms with van der Waals surface area (Å²) in [5.41, 5.74) is 0. The molecule has 0 fully saturated rings. The molecule has 0 spiro atoms. The molecule has 0 bridgehead atoms. The molecule has 2 nitrogen and oxygen atoms in total. The first-order valence-electron chi connectivity index (χ1n) is 4.53. The number of ketones is 1. The lowest BCUT2D eigenvalue weighted by atomic mass is 10.0. The fraction of sp³-hybridized carbons (Fsp3) is 0.600. The van der Waals surface area contributed by atoms with E-state index in [1.54, 1.807) is 11.3 Å². The van der Waals surface area contributed by atoms with Crippen LogP contribution in [0.25, 0.3) is 0 Å². The SMILES string of the molecule is Cc1ncc(CCC(=O)C(C)C)s1. The lowest BCUT2D eigenvalue weighted by Gasteiger charge is -2.01. The Bertz CT molecular complexity index is 291. The molecule has 0 saturated heterocycles. The molecule has 3 heteroatoms. The summed E-state index contributed by atoms with van der Waals surface area (Å²) < 4.78 is 0. The number of hydrogen-bond acceptors (Lipinski definition) is 3. The van der Waals surface area contributed by atoms with E-state index in [1.807, 2.05) is 27.0 Å². The zero-order chi connectivity index (χ0) is 9.84. The van der Waals surface area contributed by atoms with E-state index < -0.39 is 0 Å². The van der Waals surface area contributed by atoms with Gasteiger partial charge in [-0.2, -0.15) is 0 Å². The monoisotopic (exact) mass is 197 g/mol. The lowest BCUT2D eigenvalue weighted by molar-refractivity contribution is -0.121. The van der Waals surface area contributed by atoms with Gasteiger partial charge in [0.15, 0.2) is 0 Å². The minimum atomic E-state index is 0.161. The second kappa shape index (κ2) is 4.51. The predicted octanol–water partition coefficient (Wildman–Crippen LogP) is 2.61. The number of aromatic nitrogens is 1. The molecule has 0 amide bonds. The maximum atomic E-state index is 11.3. The number of Topliss-reactive ketones (excluding diaryl/α,β-unsaturated/α-hetero) is 1. The number of thiazole rings is 1. The first kappa shape index (κ1) is 10.4. The molecule has 0 saturated carbocycles. The zero-order valence-electron chi connectivity index (χ0n) is 8.33. The summed E-state index contributed by atoms with van der Waals surface area (Å²) in [5, 5.41) is 1.08. The van der Waals surface area contributed by atoms with Gasteiger partial charge in [0.05, 0.1) is 5.01 Å². The average Bonchev–Trinajstić information content (AvgIpc) is 2.47. The van der Waals surface area contributed by atoms with E-state index in [9.17, 15) is 4.79 Å². The standard InChI is InChI=1S/C10H15NOS/c1-7(2)10(12)5-4-9-6-11-8(3)13-9/h6-7H,4-5H2,1-3H3. The first-order chi connectivity index (χ1) is 6.09. The van der Waals surface area contributed by atoms with Crippen molar-refractivity contribution < 1.29 is 4.79 Å². The van der Waals surface area contributed by atoms with Crippen molar-refractivity contribution in [2.24, 2.45) is 5.92 Å². The van der Waals surface area contributed by atoms with Crippen molar-refractivity contribution in [1.29, 1.82) is 0 Å². The van der Waals surface area contributed by atoms with Crippen LogP contribution < -0.4 is 0 Å². The van der Waals surface area contributed by atoms with Gasteiger partial charge in [0, 0.05) is 23.4 Å². The highest BCUT2D eigenvalue weighted by molar-refractivity contribution is 7.11. The van der Waals surface area contributed by atoms with Crippen LogP contribution in [0.3, 0.4) is 0 Å². The van der Waals surface area contributed by atoms with Crippen LogP contribution in [0.1, 0.15) is 30.2 Å². The van der Waals surface area contributed by atoms with Gasteiger partial charge in [0.25, 0.3) is 0 Å². The van der Waals surface area contributed by atoms with Crippen LogP contribution in [-0.2, 0) is 11.2 Å². The minimum absolute atomic E-state index is 0.161. The molecule has 0 N–H and O–H groups in total. The third-order valence-corrected chi connectivity index (χ3v) is 2.90. The molecule has 0 atom stereocenters. The number of nitrogens with zero attached hydrogens (tertiary/aromatic N) is 1. The minimum Gasteiger partial charge on any atom is -0.299 e. The number of rotatable bonds is 4. The molecule has 0 unspecified atom stereocenters. The number of carbonyl (C=O) groups is 1. The van der Waals surface area contributed by atoms with Crippen LogP contribution in [0.4, 0.5) is 0 Å². The first-order valence-corrected chi connectivity index (χ1v) is 5.35. The van der Waals surface area contributed by atoms with Gasteiger partial charge in [-0.15, -0.1) is 11.3 Å². The second-order valence-electron chi connectivity index (χ2n) is 3.47. The Morgan fingerprint density at radius 3 is 2.77 bits per heavy atom. The Hall–Kier alpha value is -0.700. The van der Waals surface area contributed by atoms with Crippen LogP contribution in [0.5, 0.6) is 0 Å². The van der Waals surface area contributed by atoms with Gasteiger partial charge in [0.2, 0.25) is 0 Å². The van der Waals surface area contributed by atoms with E-state index in [2.05, 4.69) is 4.98 Å². The van der Waals surface area contributed by atoms with Crippen molar-refractivity contribution in [1.82, 2.24) is 4.98 Å². The van der Waals surface area contributed by atoms with Crippen LogP contribution in [0.15, 0.2) is 6.20 Å². The fourth-order valence-corrected chi connectivity index (χ4v) is 1.85. The summed E-state index contributed by atoms with van der Waals surface area (Å²) in [5.74, 6) is 0.500. The average molecular weight is 197 g/mol. The van der Waals surface area contributed by atoms with Gasteiger partial charge in [-0.25, -0.2) is 4.98 Å². The fourth-order valence-electron chi connectivity index (χ4n) is 1.06. The molecule has 72 valence electrons. The zero-order valence-corrected chi connectivity index (χ0v) is 9.15. The van der Waals surface area contributed by atoms with Gasteiger partial charge in [-0.05, 0) is 13.3 Å².